The molecule has 1 aromatic heterocycles. The molecule has 0 amide bonds. The van der Waals surface area contributed by atoms with E-state index in [0.717, 1.165) is 13.0 Å². The molecule has 0 radical (unpaired) electrons. The first-order valence-electron chi connectivity index (χ1n) is 7.83. The van der Waals surface area contributed by atoms with Gasteiger partial charge in [-0.3, -0.25) is 0 Å². The average molecular weight is 297 g/mol. The maximum absolute atomic E-state index is 4.81. The molecule has 20 heavy (non-hydrogen) atoms. The Morgan fingerprint density at radius 2 is 1.85 bits per heavy atom. The van der Waals surface area contributed by atoms with Crippen LogP contribution in [0.1, 0.15) is 72.0 Å². The Hall–Kier alpha value is -0.410. The quantitative estimate of drug-likeness (QED) is 0.816. The summed E-state index contributed by atoms with van der Waals surface area (Å²) in [6.45, 7) is 17.0. The summed E-state index contributed by atoms with van der Waals surface area (Å²) in [5, 5.41) is 7.20. The van der Waals surface area contributed by atoms with Crippen molar-refractivity contribution in [3.63, 3.8) is 0 Å². The molecule has 3 heteroatoms. The lowest BCUT2D eigenvalue weighted by molar-refractivity contribution is 0.255. The van der Waals surface area contributed by atoms with Crippen molar-refractivity contribution in [3.8, 4) is 0 Å². The molecule has 116 valence electrons. The first kappa shape index (κ1) is 17.6. The number of hydrogen-bond donors (Lipinski definition) is 1. The van der Waals surface area contributed by atoms with Crippen molar-refractivity contribution in [1.29, 1.82) is 0 Å². The summed E-state index contributed by atoms with van der Waals surface area (Å²) >= 11 is 1.81. The van der Waals surface area contributed by atoms with Crippen LogP contribution in [-0.4, -0.2) is 17.6 Å². The minimum absolute atomic E-state index is 0.165. The Kier molecular flexibility index (Phi) is 6.21. The van der Waals surface area contributed by atoms with Crippen LogP contribution >= 0.6 is 11.3 Å². The molecule has 1 unspecified atom stereocenters. The van der Waals surface area contributed by atoms with E-state index in [1.165, 1.54) is 23.5 Å². The number of rotatable bonds is 6. The molecular formula is C17H32N2S. The summed E-state index contributed by atoms with van der Waals surface area (Å²) in [4.78, 5) is 4.81. The van der Waals surface area contributed by atoms with Crippen LogP contribution in [0.3, 0.4) is 0 Å². The molecule has 0 aliphatic rings. The second-order valence-electron chi connectivity index (χ2n) is 7.79. The predicted octanol–water partition coefficient (Wildman–Crippen LogP) is 4.79. The van der Waals surface area contributed by atoms with Gasteiger partial charge in [0, 0.05) is 23.3 Å². The van der Waals surface area contributed by atoms with Crippen LogP contribution in [0.2, 0.25) is 0 Å². The summed E-state index contributed by atoms with van der Waals surface area (Å²) in [6.07, 6.45) is 3.44. The third-order valence-electron chi connectivity index (χ3n) is 3.65. The van der Waals surface area contributed by atoms with Crippen molar-refractivity contribution >= 4 is 11.3 Å². The van der Waals surface area contributed by atoms with Crippen LogP contribution in [0.5, 0.6) is 0 Å². The van der Waals surface area contributed by atoms with Crippen molar-refractivity contribution in [2.45, 2.75) is 79.2 Å². The molecule has 0 saturated heterocycles. The molecule has 1 N–H and O–H groups in total. The average Bonchev–Trinajstić information content (AvgIpc) is 2.75. The molecule has 1 aromatic rings. The van der Waals surface area contributed by atoms with Crippen molar-refractivity contribution in [3.05, 3.63) is 16.1 Å². The molecule has 0 aromatic carbocycles. The lowest BCUT2D eigenvalue weighted by atomic mass is 9.84. The fraction of sp³-hybridized carbons (Fsp3) is 0.824. The molecule has 1 heterocycles. The summed E-state index contributed by atoms with van der Waals surface area (Å²) in [5.41, 5.74) is 1.70. The lowest BCUT2D eigenvalue weighted by Gasteiger charge is -2.31. The summed E-state index contributed by atoms with van der Waals surface area (Å²) in [7, 11) is 0. The molecule has 0 saturated carbocycles. The van der Waals surface area contributed by atoms with Crippen LogP contribution in [0.4, 0.5) is 0 Å². The van der Waals surface area contributed by atoms with E-state index >= 15 is 0 Å². The molecule has 1 rings (SSSR count). The van der Waals surface area contributed by atoms with Gasteiger partial charge in [0.05, 0.1) is 10.7 Å². The zero-order valence-corrected chi connectivity index (χ0v) is 15.2. The van der Waals surface area contributed by atoms with Crippen molar-refractivity contribution < 1.29 is 0 Å². The van der Waals surface area contributed by atoms with E-state index in [-0.39, 0.29) is 5.41 Å². The molecule has 0 bridgehead atoms. The minimum Gasteiger partial charge on any atom is -0.313 e. The first-order valence-corrected chi connectivity index (χ1v) is 8.71. The van der Waals surface area contributed by atoms with Gasteiger partial charge in [-0.05, 0) is 24.8 Å². The zero-order chi connectivity index (χ0) is 15.4. The number of aromatic nitrogens is 1. The maximum atomic E-state index is 4.81. The highest BCUT2D eigenvalue weighted by Gasteiger charge is 2.24. The predicted molar refractivity (Wildman–Crippen MR) is 90.7 cm³/mol. The zero-order valence-electron chi connectivity index (χ0n) is 14.3. The standard InChI is InChI=1S/C17H32N2S/c1-8-11-18-13(16(2,3)4)9-10-15-19-14(12-20-15)17(5,6)7/h12-13,18H,8-11H2,1-7H3. The van der Waals surface area contributed by atoms with Gasteiger partial charge in [-0.2, -0.15) is 0 Å². The topological polar surface area (TPSA) is 24.9 Å². The third-order valence-corrected chi connectivity index (χ3v) is 4.56. The molecule has 0 spiro atoms. The Balaban J connectivity index is 2.61. The van der Waals surface area contributed by atoms with E-state index in [1.807, 2.05) is 11.3 Å². The Morgan fingerprint density at radius 1 is 1.20 bits per heavy atom. The van der Waals surface area contributed by atoms with Crippen molar-refractivity contribution in [2.24, 2.45) is 5.41 Å². The van der Waals surface area contributed by atoms with Gasteiger partial charge >= 0.3 is 0 Å². The van der Waals surface area contributed by atoms with E-state index < -0.39 is 0 Å². The normalized spacial score (nSPS) is 14.6. The molecule has 0 aliphatic heterocycles. The summed E-state index contributed by atoms with van der Waals surface area (Å²) < 4.78 is 0. The summed E-state index contributed by atoms with van der Waals surface area (Å²) in [5.74, 6) is 0. The Morgan fingerprint density at radius 3 is 2.30 bits per heavy atom. The van der Waals surface area contributed by atoms with E-state index in [1.54, 1.807) is 0 Å². The molecule has 0 aliphatic carbocycles. The van der Waals surface area contributed by atoms with Gasteiger partial charge < -0.3 is 5.32 Å². The second-order valence-corrected chi connectivity index (χ2v) is 8.73. The van der Waals surface area contributed by atoms with E-state index in [9.17, 15) is 0 Å². The Bertz CT molecular complexity index is 396. The number of nitrogens with one attached hydrogen (secondary N) is 1. The number of nitrogens with zero attached hydrogens (tertiary/aromatic N) is 1. The molecule has 1 atom stereocenters. The molecule has 2 nitrogen and oxygen atoms in total. The van der Waals surface area contributed by atoms with Crippen LogP contribution in [0.15, 0.2) is 5.38 Å². The number of hydrogen-bond acceptors (Lipinski definition) is 3. The van der Waals surface area contributed by atoms with Gasteiger partial charge in [0.25, 0.3) is 0 Å². The first-order chi connectivity index (χ1) is 9.14. The van der Waals surface area contributed by atoms with Crippen molar-refractivity contribution in [1.82, 2.24) is 10.3 Å². The third kappa shape index (κ3) is 5.53. The highest BCUT2D eigenvalue weighted by molar-refractivity contribution is 7.09. The van der Waals surface area contributed by atoms with Crippen molar-refractivity contribution in [2.75, 3.05) is 6.54 Å². The van der Waals surface area contributed by atoms with Crippen LogP contribution in [0, 0.1) is 5.41 Å². The van der Waals surface area contributed by atoms with Crippen LogP contribution < -0.4 is 5.32 Å². The van der Waals surface area contributed by atoms with E-state index in [0.29, 0.717) is 11.5 Å². The SMILES string of the molecule is CCCNC(CCc1nc(C(C)(C)C)cs1)C(C)(C)C. The number of aryl methyl sites for hydroxylation is 1. The van der Waals surface area contributed by atoms with Gasteiger partial charge in [-0.1, -0.05) is 48.5 Å². The minimum atomic E-state index is 0.165. The van der Waals surface area contributed by atoms with E-state index in [4.69, 9.17) is 4.98 Å². The lowest BCUT2D eigenvalue weighted by Crippen LogP contribution is -2.41. The van der Waals surface area contributed by atoms with Crippen LogP contribution in [-0.2, 0) is 11.8 Å². The van der Waals surface area contributed by atoms with Gasteiger partial charge in [0.2, 0.25) is 0 Å². The smallest absolute Gasteiger partial charge is 0.0929 e. The molecule has 0 fully saturated rings. The second kappa shape index (κ2) is 7.04. The van der Waals surface area contributed by atoms with E-state index in [2.05, 4.69) is 59.2 Å². The van der Waals surface area contributed by atoms with Crippen LogP contribution in [0.25, 0.3) is 0 Å². The highest BCUT2D eigenvalue weighted by Crippen LogP contribution is 2.27. The number of thiazole rings is 1. The highest BCUT2D eigenvalue weighted by atomic mass is 32.1. The van der Waals surface area contributed by atoms with Gasteiger partial charge in [-0.15, -0.1) is 11.3 Å². The molecular weight excluding hydrogens is 264 g/mol. The summed E-state index contributed by atoms with van der Waals surface area (Å²) in [6, 6.07) is 0.560. The fourth-order valence-electron chi connectivity index (χ4n) is 2.20. The van der Waals surface area contributed by atoms with Gasteiger partial charge in [-0.25, -0.2) is 4.98 Å². The van der Waals surface area contributed by atoms with Gasteiger partial charge in [0.15, 0.2) is 0 Å². The fourth-order valence-corrected chi connectivity index (χ4v) is 3.24. The Labute approximate surface area is 129 Å². The largest absolute Gasteiger partial charge is 0.313 e. The maximum Gasteiger partial charge on any atom is 0.0929 e. The van der Waals surface area contributed by atoms with Gasteiger partial charge in [0.1, 0.15) is 0 Å². The monoisotopic (exact) mass is 296 g/mol.